The van der Waals surface area contributed by atoms with Gasteiger partial charge in [-0.05, 0) is 54.4 Å². The van der Waals surface area contributed by atoms with E-state index < -0.39 is 0 Å². The Balaban J connectivity index is 1.74. The number of anilines is 1. The lowest BCUT2D eigenvalue weighted by atomic mass is 10.2. The van der Waals surface area contributed by atoms with Gasteiger partial charge in [-0.1, -0.05) is 24.9 Å². The number of rotatable bonds is 8. The predicted molar refractivity (Wildman–Crippen MR) is 132 cm³/mol. The molecule has 0 spiro atoms. The van der Waals surface area contributed by atoms with E-state index >= 15 is 0 Å². The van der Waals surface area contributed by atoms with Gasteiger partial charge in [0.25, 0.3) is 0 Å². The zero-order valence-corrected chi connectivity index (χ0v) is 19.7. The quantitative estimate of drug-likeness (QED) is 0.288. The number of halogens is 1. The van der Waals surface area contributed by atoms with Gasteiger partial charge in [0, 0.05) is 17.6 Å². The van der Waals surface area contributed by atoms with E-state index in [2.05, 4.69) is 22.5 Å². The van der Waals surface area contributed by atoms with Crippen LogP contribution in [0.3, 0.4) is 0 Å². The first-order chi connectivity index (χ1) is 16.0. The fourth-order valence-corrected chi connectivity index (χ4v) is 3.68. The van der Waals surface area contributed by atoms with Crippen molar-refractivity contribution in [1.29, 1.82) is 0 Å². The molecule has 2 aromatic heterocycles. The summed E-state index contributed by atoms with van der Waals surface area (Å²) in [4.78, 5) is 9.57. The Morgan fingerprint density at radius 1 is 1.06 bits per heavy atom. The SMILES string of the molecule is CCCc1nn(C)c2c(N/N=C/c3ccc(OC)c(OC)c3)nc(-c3ccc(Cl)cc3)nc12. The molecule has 0 amide bonds. The Kier molecular flexibility index (Phi) is 6.74. The van der Waals surface area contributed by atoms with Crippen molar-refractivity contribution in [3.8, 4) is 22.9 Å². The second-order valence-electron chi connectivity index (χ2n) is 7.40. The van der Waals surface area contributed by atoms with Crippen LogP contribution < -0.4 is 14.9 Å². The minimum Gasteiger partial charge on any atom is -0.493 e. The predicted octanol–water partition coefficient (Wildman–Crippen LogP) is 5.10. The van der Waals surface area contributed by atoms with Crippen LogP contribution in [0.4, 0.5) is 5.82 Å². The molecule has 8 nitrogen and oxygen atoms in total. The molecular weight excluding hydrogens is 440 g/mol. The van der Waals surface area contributed by atoms with Crippen LogP contribution in [0, 0.1) is 0 Å². The van der Waals surface area contributed by atoms with E-state index in [1.165, 1.54) is 0 Å². The zero-order valence-electron chi connectivity index (χ0n) is 19.0. The molecule has 0 aliphatic rings. The fourth-order valence-electron chi connectivity index (χ4n) is 3.55. The van der Waals surface area contributed by atoms with Gasteiger partial charge in [0.2, 0.25) is 0 Å². The van der Waals surface area contributed by atoms with E-state index in [1.807, 2.05) is 49.5 Å². The average Bonchev–Trinajstić information content (AvgIpc) is 3.15. The molecule has 2 aromatic carbocycles. The Hall–Kier alpha value is -3.65. The summed E-state index contributed by atoms with van der Waals surface area (Å²) in [6.45, 7) is 2.12. The topological polar surface area (TPSA) is 86.5 Å². The number of aryl methyl sites for hydroxylation is 2. The van der Waals surface area contributed by atoms with Crippen molar-refractivity contribution in [2.24, 2.45) is 12.1 Å². The van der Waals surface area contributed by atoms with E-state index in [9.17, 15) is 0 Å². The molecule has 0 radical (unpaired) electrons. The Labute approximate surface area is 197 Å². The van der Waals surface area contributed by atoms with E-state index in [-0.39, 0.29) is 0 Å². The van der Waals surface area contributed by atoms with E-state index in [1.54, 1.807) is 25.1 Å². The lowest BCUT2D eigenvalue weighted by molar-refractivity contribution is 0.355. The van der Waals surface area contributed by atoms with Crippen molar-refractivity contribution >= 4 is 34.7 Å². The third-order valence-corrected chi connectivity index (χ3v) is 5.38. The van der Waals surface area contributed by atoms with Crippen LogP contribution in [-0.4, -0.2) is 40.2 Å². The van der Waals surface area contributed by atoms with Crippen LogP contribution >= 0.6 is 11.6 Å². The highest BCUT2D eigenvalue weighted by atomic mass is 35.5. The van der Waals surface area contributed by atoms with E-state index in [0.717, 1.165) is 40.7 Å². The minimum atomic E-state index is 0.569. The second kappa shape index (κ2) is 9.87. The third-order valence-electron chi connectivity index (χ3n) is 5.13. The summed E-state index contributed by atoms with van der Waals surface area (Å²) < 4.78 is 12.4. The lowest BCUT2D eigenvalue weighted by Gasteiger charge is -2.08. The van der Waals surface area contributed by atoms with Crippen LogP contribution in [0.15, 0.2) is 47.6 Å². The minimum absolute atomic E-state index is 0.569. The summed E-state index contributed by atoms with van der Waals surface area (Å²) in [5, 5.41) is 9.74. The summed E-state index contributed by atoms with van der Waals surface area (Å²) in [5.74, 6) is 2.44. The number of aromatic nitrogens is 4. The highest BCUT2D eigenvalue weighted by Crippen LogP contribution is 2.29. The number of ether oxygens (including phenoxy) is 2. The summed E-state index contributed by atoms with van der Waals surface area (Å²) in [6, 6.07) is 13.0. The summed E-state index contributed by atoms with van der Waals surface area (Å²) >= 11 is 6.06. The molecule has 0 unspecified atom stereocenters. The molecule has 2 heterocycles. The van der Waals surface area contributed by atoms with Gasteiger partial charge in [-0.3, -0.25) is 10.1 Å². The molecule has 170 valence electrons. The molecule has 0 aliphatic heterocycles. The summed E-state index contributed by atoms with van der Waals surface area (Å²) in [6.07, 6.45) is 3.48. The molecule has 33 heavy (non-hydrogen) atoms. The van der Waals surface area contributed by atoms with Crippen LogP contribution in [0.25, 0.3) is 22.4 Å². The maximum absolute atomic E-state index is 6.06. The smallest absolute Gasteiger partial charge is 0.176 e. The first kappa shape index (κ1) is 22.5. The molecule has 0 saturated heterocycles. The number of fused-ring (bicyclic) bond motifs is 1. The standard InChI is InChI=1S/C24H25ClN6O2/c1-5-6-18-21-22(31(2)30-18)24(28-23(27-21)16-8-10-17(25)11-9-16)29-26-14-15-7-12-19(32-3)20(13-15)33-4/h7-14H,5-6H2,1-4H3,(H,27,28,29)/b26-14+. The van der Waals surface area contributed by atoms with Crippen molar-refractivity contribution in [3.63, 3.8) is 0 Å². The summed E-state index contributed by atoms with van der Waals surface area (Å²) in [5.41, 5.74) is 7.32. The maximum Gasteiger partial charge on any atom is 0.176 e. The fraction of sp³-hybridized carbons (Fsp3) is 0.250. The Morgan fingerprint density at radius 3 is 2.52 bits per heavy atom. The van der Waals surface area contributed by atoms with Crippen molar-refractivity contribution in [2.45, 2.75) is 19.8 Å². The normalized spacial score (nSPS) is 11.3. The molecule has 0 saturated carbocycles. The summed E-state index contributed by atoms with van der Waals surface area (Å²) in [7, 11) is 5.09. The maximum atomic E-state index is 6.06. The molecule has 0 atom stereocenters. The number of benzene rings is 2. The zero-order chi connectivity index (χ0) is 23.4. The van der Waals surface area contributed by atoms with Crippen LogP contribution in [0.2, 0.25) is 5.02 Å². The van der Waals surface area contributed by atoms with Gasteiger partial charge in [0.05, 0.1) is 26.1 Å². The van der Waals surface area contributed by atoms with Crippen LogP contribution in [0.1, 0.15) is 24.6 Å². The van der Waals surface area contributed by atoms with Gasteiger partial charge in [-0.15, -0.1) is 0 Å². The molecule has 0 fully saturated rings. The first-order valence-electron chi connectivity index (χ1n) is 10.5. The van der Waals surface area contributed by atoms with Crippen LogP contribution in [-0.2, 0) is 13.5 Å². The molecule has 0 aliphatic carbocycles. The van der Waals surface area contributed by atoms with Crippen LogP contribution in [0.5, 0.6) is 11.5 Å². The number of hydrogen-bond donors (Lipinski definition) is 1. The molecule has 1 N–H and O–H groups in total. The molecule has 4 rings (SSSR count). The number of hydrazone groups is 1. The molecular formula is C24H25ClN6O2. The monoisotopic (exact) mass is 464 g/mol. The average molecular weight is 465 g/mol. The van der Waals surface area contributed by atoms with Gasteiger partial charge in [0.15, 0.2) is 23.1 Å². The van der Waals surface area contributed by atoms with Crippen molar-refractivity contribution in [1.82, 2.24) is 19.7 Å². The first-order valence-corrected chi connectivity index (χ1v) is 10.9. The Bertz CT molecular complexity index is 1300. The molecule has 4 aromatic rings. The van der Waals surface area contributed by atoms with Gasteiger partial charge >= 0.3 is 0 Å². The highest BCUT2D eigenvalue weighted by molar-refractivity contribution is 6.30. The lowest BCUT2D eigenvalue weighted by Crippen LogP contribution is -2.02. The number of nitrogens with one attached hydrogen (secondary N) is 1. The second-order valence-corrected chi connectivity index (χ2v) is 7.84. The molecule has 9 heteroatoms. The Morgan fingerprint density at radius 2 is 1.82 bits per heavy atom. The number of nitrogens with zero attached hydrogens (tertiary/aromatic N) is 5. The van der Waals surface area contributed by atoms with E-state index in [4.69, 9.17) is 31.0 Å². The highest BCUT2D eigenvalue weighted by Gasteiger charge is 2.17. The van der Waals surface area contributed by atoms with Gasteiger partial charge < -0.3 is 9.47 Å². The van der Waals surface area contributed by atoms with Crippen molar-refractivity contribution in [3.05, 3.63) is 58.7 Å². The van der Waals surface area contributed by atoms with Gasteiger partial charge in [0.1, 0.15) is 11.0 Å². The van der Waals surface area contributed by atoms with E-state index in [0.29, 0.717) is 28.2 Å². The third kappa shape index (κ3) is 4.75. The molecule has 0 bridgehead atoms. The number of hydrogen-bond acceptors (Lipinski definition) is 7. The van der Waals surface area contributed by atoms with Gasteiger partial charge in [-0.25, -0.2) is 9.97 Å². The largest absolute Gasteiger partial charge is 0.493 e. The van der Waals surface area contributed by atoms with Gasteiger partial charge in [-0.2, -0.15) is 10.2 Å². The van der Waals surface area contributed by atoms with Crippen molar-refractivity contribution < 1.29 is 9.47 Å². The van der Waals surface area contributed by atoms with Crippen molar-refractivity contribution in [2.75, 3.05) is 19.6 Å². The number of methoxy groups -OCH3 is 2.